The van der Waals surface area contributed by atoms with E-state index < -0.39 is 0 Å². The molecule has 0 spiro atoms. The quantitative estimate of drug-likeness (QED) is 0.155. The Bertz CT molecular complexity index is 3850. The highest BCUT2D eigenvalue weighted by Gasteiger charge is 2.49. The van der Waals surface area contributed by atoms with Gasteiger partial charge in [-0.3, -0.25) is 0 Å². The van der Waals surface area contributed by atoms with Crippen LogP contribution in [0, 0.1) is 0 Å². The van der Waals surface area contributed by atoms with E-state index in [1.165, 1.54) is 72.2 Å². The van der Waals surface area contributed by atoms with Gasteiger partial charge in [-0.2, -0.15) is 0 Å². The Morgan fingerprint density at radius 1 is 0.443 bits per heavy atom. The standard InChI is InChI=1S/C74H78BN3O/c1-69(2,3)48-30-34-61(54(40-48)47-24-18-15-19-25-47)78-62-35-31-49(70(4,5)6)41-60(62)75-66-63(43-53(44-64(66)78)76(50-26-20-16-21-27-50)51-28-22-17-23-29-51)77(52-32-33-56-57(42-52)72(9,10)37-36-71(56,7)8)67-55-45-58-59(46-65(55)79-68(67)75)74(13,14)39-38-73(58,11)12/h15-35,40-46H,36-39H2,1-14H3. The molecule has 8 aromatic carbocycles. The van der Waals surface area contributed by atoms with Crippen molar-refractivity contribution in [3.8, 4) is 11.1 Å². The highest BCUT2D eigenvalue weighted by Crippen LogP contribution is 2.55. The smallest absolute Gasteiger partial charge is 0.297 e. The van der Waals surface area contributed by atoms with Crippen LogP contribution in [-0.4, -0.2) is 6.71 Å². The first-order valence-electron chi connectivity index (χ1n) is 29.2. The van der Waals surface area contributed by atoms with Crippen molar-refractivity contribution in [3.05, 3.63) is 203 Å². The maximum Gasteiger partial charge on any atom is 0.297 e. The van der Waals surface area contributed by atoms with Crippen molar-refractivity contribution in [1.29, 1.82) is 0 Å². The number of hydrogen-bond acceptors (Lipinski definition) is 4. The minimum absolute atomic E-state index is 0.00479. The van der Waals surface area contributed by atoms with Crippen LogP contribution in [0.25, 0.3) is 22.1 Å². The summed E-state index contributed by atoms with van der Waals surface area (Å²) < 4.78 is 7.82. The molecule has 0 unspecified atom stereocenters. The van der Waals surface area contributed by atoms with Gasteiger partial charge in [-0.15, -0.1) is 0 Å². The second-order valence-corrected chi connectivity index (χ2v) is 28.4. The monoisotopic (exact) mass is 1040 g/mol. The summed E-state index contributed by atoms with van der Waals surface area (Å²) >= 11 is 0. The van der Waals surface area contributed by atoms with Gasteiger partial charge in [0, 0.05) is 45.1 Å². The molecule has 13 rings (SSSR count). The van der Waals surface area contributed by atoms with Gasteiger partial charge in [-0.1, -0.05) is 188 Å². The number of benzene rings is 8. The second-order valence-electron chi connectivity index (χ2n) is 28.4. The van der Waals surface area contributed by atoms with Crippen molar-refractivity contribution in [2.24, 2.45) is 0 Å². The van der Waals surface area contributed by atoms with Crippen LogP contribution in [0.5, 0.6) is 0 Å². The van der Waals surface area contributed by atoms with Crippen LogP contribution in [0.3, 0.4) is 0 Å². The van der Waals surface area contributed by atoms with Crippen molar-refractivity contribution < 1.29 is 4.42 Å². The molecule has 0 N–H and O–H groups in total. The van der Waals surface area contributed by atoms with E-state index in [4.69, 9.17) is 4.42 Å². The molecule has 0 saturated heterocycles. The summed E-state index contributed by atoms with van der Waals surface area (Å²) in [4.78, 5) is 7.73. The van der Waals surface area contributed by atoms with Gasteiger partial charge in [0.2, 0.25) is 0 Å². The Kier molecular flexibility index (Phi) is 11.4. The fourth-order valence-electron chi connectivity index (χ4n) is 14.0. The largest absolute Gasteiger partial charge is 0.468 e. The van der Waals surface area contributed by atoms with Crippen LogP contribution in [0.2, 0.25) is 0 Å². The van der Waals surface area contributed by atoms with Crippen LogP contribution in [0.4, 0.5) is 51.2 Å². The molecule has 0 amide bonds. The van der Waals surface area contributed by atoms with Crippen molar-refractivity contribution >= 4 is 85.5 Å². The van der Waals surface area contributed by atoms with E-state index in [9.17, 15) is 0 Å². The Morgan fingerprint density at radius 3 is 1.51 bits per heavy atom. The Morgan fingerprint density at radius 2 is 0.937 bits per heavy atom. The Balaban J connectivity index is 1.22. The summed E-state index contributed by atoms with van der Waals surface area (Å²) in [5.74, 6) is 0. The number of hydrogen-bond donors (Lipinski definition) is 0. The summed E-state index contributed by atoms with van der Waals surface area (Å²) in [5.41, 5.74) is 25.3. The molecule has 0 fully saturated rings. The van der Waals surface area contributed by atoms with Crippen molar-refractivity contribution in [1.82, 2.24) is 0 Å². The molecular weight excluding hydrogens is 958 g/mol. The summed E-state index contributed by atoms with van der Waals surface area (Å²) in [6.07, 6.45) is 4.55. The molecule has 0 radical (unpaired) electrons. The van der Waals surface area contributed by atoms with E-state index in [-0.39, 0.29) is 39.2 Å². The lowest BCUT2D eigenvalue weighted by atomic mass is 9.35. The van der Waals surface area contributed by atoms with Crippen LogP contribution in [0.1, 0.15) is 156 Å². The predicted octanol–water partition coefficient (Wildman–Crippen LogP) is 18.9. The summed E-state index contributed by atoms with van der Waals surface area (Å²) in [6, 6.07) is 65.1. The van der Waals surface area contributed by atoms with Gasteiger partial charge in [-0.05, 0) is 187 Å². The molecule has 2 aliphatic carbocycles. The number of fused-ring (bicyclic) bond motifs is 8. The highest BCUT2D eigenvalue weighted by atomic mass is 16.3. The molecule has 0 bridgehead atoms. The first-order valence-corrected chi connectivity index (χ1v) is 29.2. The number of para-hydroxylation sites is 2. The number of rotatable bonds is 6. The minimum atomic E-state index is -0.228. The molecule has 9 aromatic rings. The average molecular weight is 1040 g/mol. The van der Waals surface area contributed by atoms with E-state index in [0.29, 0.717) is 0 Å². The van der Waals surface area contributed by atoms with Crippen LogP contribution < -0.4 is 31.3 Å². The van der Waals surface area contributed by atoms with E-state index in [1.807, 2.05) is 0 Å². The predicted molar refractivity (Wildman–Crippen MR) is 338 cm³/mol. The zero-order valence-electron chi connectivity index (χ0n) is 49.3. The summed E-state index contributed by atoms with van der Waals surface area (Å²) in [5, 5.41) is 1.18. The van der Waals surface area contributed by atoms with Gasteiger partial charge in [0.15, 0.2) is 0 Å². The highest BCUT2D eigenvalue weighted by molar-refractivity contribution is 7.00. The van der Waals surface area contributed by atoms with Crippen molar-refractivity contribution in [2.45, 2.75) is 155 Å². The third kappa shape index (κ3) is 8.22. The van der Waals surface area contributed by atoms with Crippen LogP contribution in [-0.2, 0) is 32.5 Å². The van der Waals surface area contributed by atoms with Crippen LogP contribution in [0.15, 0.2) is 174 Å². The van der Waals surface area contributed by atoms with Crippen molar-refractivity contribution in [3.63, 3.8) is 0 Å². The van der Waals surface area contributed by atoms with Gasteiger partial charge >= 0.3 is 0 Å². The Labute approximate surface area is 471 Å². The molecule has 0 atom stereocenters. The third-order valence-electron chi connectivity index (χ3n) is 19.1. The van der Waals surface area contributed by atoms with Gasteiger partial charge in [-0.25, -0.2) is 0 Å². The maximum atomic E-state index is 7.82. The second kappa shape index (κ2) is 17.6. The SMILES string of the molecule is CC(C)(C)c1ccc2c(c1)B1c3oc4cc5c(cc4c3N(c3ccc4c(c3)C(C)(C)CCC4(C)C)c3cc(N(c4ccccc4)c4ccccc4)cc(c31)N2c1ccc(C(C)(C)C)cc1-c1ccccc1)C(C)(C)CCC5(C)C. The summed E-state index contributed by atoms with van der Waals surface area (Å²) in [6.45, 7) is 33.4. The molecule has 0 saturated carbocycles. The maximum absolute atomic E-state index is 7.82. The normalized spacial score (nSPS) is 17.4. The number of nitrogens with zero attached hydrogens (tertiary/aromatic N) is 3. The topological polar surface area (TPSA) is 22.9 Å². The van der Waals surface area contributed by atoms with E-state index in [0.717, 1.165) is 76.7 Å². The lowest BCUT2D eigenvalue weighted by Crippen LogP contribution is -2.61. The van der Waals surface area contributed by atoms with Gasteiger partial charge in [0.1, 0.15) is 5.58 Å². The molecule has 1 aromatic heterocycles. The fraction of sp³-hybridized carbons (Fsp3) is 0.324. The lowest BCUT2D eigenvalue weighted by molar-refractivity contribution is 0.332. The summed E-state index contributed by atoms with van der Waals surface area (Å²) in [7, 11) is 0. The fourth-order valence-corrected chi connectivity index (χ4v) is 14.0. The lowest BCUT2D eigenvalue weighted by Gasteiger charge is -2.45. The molecule has 4 nitrogen and oxygen atoms in total. The minimum Gasteiger partial charge on any atom is -0.468 e. The van der Waals surface area contributed by atoms with E-state index in [2.05, 4.69) is 281 Å². The first kappa shape index (κ1) is 51.2. The molecule has 398 valence electrons. The first-order chi connectivity index (χ1) is 37.4. The van der Waals surface area contributed by atoms with Gasteiger partial charge in [0.05, 0.1) is 22.7 Å². The molecule has 3 heterocycles. The number of anilines is 9. The van der Waals surface area contributed by atoms with Crippen molar-refractivity contribution in [2.75, 3.05) is 14.7 Å². The van der Waals surface area contributed by atoms with Crippen LogP contribution >= 0.6 is 0 Å². The zero-order chi connectivity index (χ0) is 55.3. The van der Waals surface area contributed by atoms with Gasteiger partial charge < -0.3 is 19.1 Å². The number of furan rings is 1. The molecule has 79 heavy (non-hydrogen) atoms. The zero-order valence-corrected chi connectivity index (χ0v) is 49.3. The molecule has 4 aliphatic rings. The third-order valence-corrected chi connectivity index (χ3v) is 19.1. The molecule has 2 aliphatic heterocycles. The Hall–Kier alpha value is -7.24. The van der Waals surface area contributed by atoms with Gasteiger partial charge in [0.25, 0.3) is 6.71 Å². The molecular formula is C74H78BN3O. The molecule has 5 heteroatoms. The van der Waals surface area contributed by atoms with E-state index in [1.54, 1.807) is 0 Å². The average Bonchev–Trinajstić information content (AvgIpc) is 2.61. The van der Waals surface area contributed by atoms with E-state index >= 15 is 0 Å².